The van der Waals surface area contributed by atoms with Gasteiger partial charge in [-0.25, -0.2) is 0 Å². The minimum absolute atomic E-state index is 0.122. The van der Waals surface area contributed by atoms with Crippen LogP contribution >= 0.6 is 27.5 Å². The molecule has 6 aliphatic carbocycles. The van der Waals surface area contributed by atoms with Gasteiger partial charge < -0.3 is 0 Å². The maximum Gasteiger partial charge on any atom is 0.270 e. The Morgan fingerprint density at radius 2 is 1.46 bits per heavy atom. The smallest absolute Gasteiger partial charge is 0.270 e. The molecule has 1 aromatic carbocycles. The van der Waals surface area contributed by atoms with Crippen molar-refractivity contribution in [3.63, 3.8) is 0 Å². The van der Waals surface area contributed by atoms with Crippen LogP contribution in [0.4, 0.5) is 0 Å². The monoisotopic (exact) mass is 456 g/mol. The third-order valence-corrected chi connectivity index (χ3v) is 9.67. The molecule has 1 aromatic rings. The van der Waals surface area contributed by atoms with Crippen LogP contribution in [0, 0.1) is 46.3 Å². The highest BCUT2D eigenvalue weighted by molar-refractivity contribution is 9.10. The lowest BCUT2D eigenvalue weighted by molar-refractivity contribution is -0.146. The molecule has 7 aliphatic rings. The zero-order chi connectivity index (χ0) is 19.2. The van der Waals surface area contributed by atoms with Crippen LogP contribution in [0.3, 0.4) is 0 Å². The molecule has 0 radical (unpaired) electrons. The van der Waals surface area contributed by atoms with Crippen molar-refractivity contribution in [3.8, 4) is 0 Å². The van der Waals surface area contributed by atoms with Gasteiger partial charge in [0.25, 0.3) is 17.7 Å². The number of halogens is 2. The molecule has 140 valence electrons. The fraction of sp³-hybridized carbons (Fsp3) is 0.381. The average molecular weight is 458 g/mol. The Hall–Kier alpha value is -1.92. The van der Waals surface area contributed by atoms with Crippen molar-refractivity contribution < 1.29 is 14.4 Å². The molecule has 0 aromatic heterocycles. The molecule has 1 aliphatic heterocycles. The van der Waals surface area contributed by atoms with Gasteiger partial charge in [-0.3, -0.25) is 19.8 Å². The van der Waals surface area contributed by atoms with E-state index in [1.165, 1.54) is 0 Å². The Morgan fingerprint density at radius 1 is 0.964 bits per heavy atom. The largest absolute Gasteiger partial charge is 0.272 e. The summed E-state index contributed by atoms with van der Waals surface area (Å²) in [6, 6.07) is 4.76. The highest BCUT2D eigenvalue weighted by atomic mass is 79.9. The molecule has 3 amide bonds. The van der Waals surface area contributed by atoms with E-state index in [9.17, 15) is 14.4 Å². The molecule has 7 heteroatoms. The minimum atomic E-state index is -0.688. The van der Waals surface area contributed by atoms with Gasteiger partial charge in [-0.15, -0.1) is 0 Å². The summed E-state index contributed by atoms with van der Waals surface area (Å²) in [5.41, 5.74) is 1.57. The molecule has 5 nitrogen and oxygen atoms in total. The fourth-order valence-corrected chi connectivity index (χ4v) is 8.55. The van der Waals surface area contributed by atoms with E-state index >= 15 is 0 Å². The zero-order valence-corrected chi connectivity index (χ0v) is 16.8. The number of carbonyl (C=O) groups is 3. The molecule has 2 spiro atoms. The van der Waals surface area contributed by atoms with E-state index in [1.54, 1.807) is 18.2 Å². The zero-order valence-electron chi connectivity index (χ0n) is 14.4. The van der Waals surface area contributed by atoms with Crippen molar-refractivity contribution >= 4 is 45.3 Å². The third-order valence-electron chi connectivity index (χ3n) is 8.45. The number of benzene rings is 1. The van der Waals surface area contributed by atoms with Crippen molar-refractivity contribution in [3.05, 3.63) is 57.6 Å². The number of imide groups is 1. The number of nitrogens with zero attached hydrogens (tertiary/aromatic N) is 1. The predicted molar refractivity (Wildman–Crippen MR) is 103 cm³/mol. The Labute approximate surface area is 173 Å². The summed E-state index contributed by atoms with van der Waals surface area (Å²) in [4.78, 5) is 40.1. The third kappa shape index (κ3) is 1.23. The van der Waals surface area contributed by atoms with E-state index in [4.69, 9.17) is 11.6 Å². The summed E-state index contributed by atoms with van der Waals surface area (Å²) in [5.74, 6) is 0.367. The van der Waals surface area contributed by atoms with Crippen LogP contribution in [-0.2, 0) is 9.59 Å². The minimum Gasteiger partial charge on any atom is -0.272 e. The Balaban J connectivity index is 1.31. The summed E-state index contributed by atoms with van der Waals surface area (Å²) >= 11 is 9.30. The van der Waals surface area contributed by atoms with E-state index in [2.05, 4.69) is 45.7 Å². The molecule has 8 rings (SSSR count). The molecule has 4 saturated carbocycles. The first kappa shape index (κ1) is 15.9. The van der Waals surface area contributed by atoms with Gasteiger partial charge in [0.05, 0.1) is 15.9 Å². The van der Waals surface area contributed by atoms with E-state index in [-0.39, 0.29) is 35.5 Å². The summed E-state index contributed by atoms with van der Waals surface area (Å²) in [5, 5.41) is 1.52. The van der Waals surface area contributed by atoms with Crippen molar-refractivity contribution in [2.75, 3.05) is 0 Å². The second kappa shape index (κ2) is 4.46. The van der Waals surface area contributed by atoms with Gasteiger partial charge in [0.2, 0.25) is 0 Å². The standard InChI is InChI=1S/C21H14BrClN2O3/c22-13-7-8(1-6-14(13)23)17(26)24-25-18(27)20-9-2-3-10-15(9)16-11(20)4-5-12(16)21(10,20)19(25)28/h1-7,9-12,15-16H,(H,24,26)/t9-,10+,11+,12-,15?,16?,20?,21?. The molecular weight excluding hydrogens is 444 g/mol. The number of carbonyl (C=O) groups excluding carboxylic acids is 3. The van der Waals surface area contributed by atoms with Gasteiger partial charge in [-0.05, 0) is 69.6 Å². The van der Waals surface area contributed by atoms with Gasteiger partial charge in [0, 0.05) is 10.0 Å². The lowest BCUT2D eigenvalue weighted by atomic mass is 9.54. The van der Waals surface area contributed by atoms with Crippen LogP contribution < -0.4 is 5.43 Å². The lowest BCUT2D eigenvalue weighted by Crippen LogP contribution is -2.50. The Kier molecular flexibility index (Phi) is 2.54. The fourth-order valence-electron chi connectivity index (χ4n) is 8.06. The molecule has 8 atom stereocenters. The highest BCUT2D eigenvalue weighted by Crippen LogP contribution is 2.91. The molecule has 28 heavy (non-hydrogen) atoms. The molecule has 4 unspecified atom stereocenters. The first-order valence-corrected chi connectivity index (χ1v) is 10.6. The van der Waals surface area contributed by atoms with Crippen LogP contribution in [0.2, 0.25) is 5.02 Å². The Morgan fingerprint density at radius 3 is 1.93 bits per heavy atom. The van der Waals surface area contributed by atoms with Gasteiger partial charge in [0.15, 0.2) is 0 Å². The van der Waals surface area contributed by atoms with Crippen molar-refractivity contribution in [1.82, 2.24) is 10.4 Å². The Bertz CT molecular complexity index is 1030. The van der Waals surface area contributed by atoms with E-state index < -0.39 is 16.7 Å². The number of hydrogen-bond donors (Lipinski definition) is 1. The topological polar surface area (TPSA) is 66.5 Å². The van der Waals surface area contributed by atoms with Crippen LogP contribution in [-0.4, -0.2) is 22.7 Å². The van der Waals surface area contributed by atoms with Gasteiger partial charge in [-0.1, -0.05) is 35.9 Å². The average Bonchev–Trinajstić information content (AvgIpc) is 3.48. The van der Waals surface area contributed by atoms with E-state index in [1.807, 2.05) is 0 Å². The lowest BCUT2D eigenvalue weighted by Gasteiger charge is -2.43. The second-order valence-electron chi connectivity index (χ2n) is 8.78. The van der Waals surface area contributed by atoms with Gasteiger partial charge in [-0.2, -0.15) is 5.01 Å². The quantitative estimate of drug-likeness (QED) is 0.548. The van der Waals surface area contributed by atoms with E-state index in [0.717, 1.165) is 5.01 Å². The highest BCUT2D eigenvalue weighted by Gasteiger charge is 2.96. The molecule has 8 bridgehead atoms. The van der Waals surface area contributed by atoms with Crippen LogP contribution in [0.1, 0.15) is 10.4 Å². The first-order chi connectivity index (χ1) is 13.5. The molecular formula is C21H14BrClN2O3. The maximum absolute atomic E-state index is 13.7. The second-order valence-corrected chi connectivity index (χ2v) is 10.0. The summed E-state index contributed by atoms with van der Waals surface area (Å²) in [6.07, 6.45) is 8.62. The number of nitrogens with one attached hydrogen (secondary N) is 1. The van der Waals surface area contributed by atoms with Gasteiger partial charge in [0.1, 0.15) is 0 Å². The number of hydrazine groups is 1. The molecule has 1 saturated heterocycles. The summed E-state index contributed by atoms with van der Waals surface area (Å²) in [6.45, 7) is 0. The first-order valence-electron chi connectivity index (χ1n) is 9.47. The number of amides is 3. The van der Waals surface area contributed by atoms with Crippen LogP contribution in [0.15, 0.2) is 47.0 Å². The van der Waals surface area contributed by atoms with Crippen molar-refractivity contribution in [1.29, 1.82) is 0 Å². The summed E-state index contributed by atoms with van der Waals surface area (Å²) in [7, 11) is 0. The van der Waals surface area contributed by atoms with Crippen molar-refractivity contribution in [2.24, 2.45) is 46.3 Å². The maximum atomic E-state index is 13.7. The van der Waals surface area contributed by atoms with Crippen LogP contribution in [0.5, 0.6) is 0 Å². The number of hydrogen-bond acceptors (Lipinski definition) is 3. The predicted octanol–water partition coefficient (Wildman–Crippen LogP) is 2.97. The SMILES string of the molecule is O=C(NN1C(=O)C23[C@@H]4C=C[C@H]5C4C4[C@@H](C=C[C@@H]42)C53C1=O)c1ccc(Cl)c(Br)c1. The normalized spacial score (nSPS) is 47.1. The molecule has 1 heterocycles. The number of rotatable bonds is 2. The molecule has 1 N–H and O–H groups in total. The van der Waals surface area contributed by atoms with E-state index in [0.29, 0.717) is 26.9 Å². The van der Waals surface area contributed by atoms with Crippen molar-refractivity contribution in [2.45, 2.75) is 0 Å². The number of allylic oxidation sites excluding steroid dienone is 4. The molecule has 5 fully saturated rings. The van der Waals surface area contributed by atoms with Gasteiger partial charge >= 0.3 is 0 Å². The van der Waals surface area contributed by atoms with Crippen LogP contribution in [0.25, 0.3) is 0 Å². The summed E-state index contributed by atoms with van der Waals surface area (Å²) < 4.78 is 0.583.